The van der Waals surface area contributed by atoms with Crippen molar-refractivity contribution in [3.63, 3.8) is 0 Å². The van der Waals surface area contributed by atoms with Crippen molar-refractivity contribution in [1.29, 1.82) is 0 Å². The quantitative estimate of drug-likeness (QED) is 0.532. The number of carbonyl (C=O) groups is 2. The fraction of sp³-hybridized carbons (Fsp3) is 0.391. The third-order valence-corrected chi connectivity index (χ3v) is 6.08. The van der Waals surface area contributed by atoms with Crippen molar-refractivity contribution >= 4 is 35.2 Å². The molecule has 0 spiro atoms. The van der Waals surface area contributed by atoms with Gasteiger partial charge in [-0.2, -0.15) is 0 Å². The van der Waals surface area contributed by atoms with Crippen LogP contribution in [0.3, 0.4) is 0 Å². The lowest BCUT2D eigenvalue weighted by Gasteiger charge is -2.29. The summed E-state index contributed by atoms with van der Waals surface area (Å²) >= 11 is 7.36. The molecule has 30 heavy (non-hydrogen) atoms. The van der Waals surface area contributed by atoms with Crippen LogP contribution in [0.5, 0.6) is 5.75 Å². The molecule has 0 fully saturated rings. The summed E-state index contributed by atoms with van der Waals surface area (Å²) < 4.78 is 5.29. The molecule has 0 unspecified atom stereocenters. The summed E-state index contributed by atoms with van der Waals surface area (Å²) in [7, 11) is 1.60. The fourth-order valence-electron chi connectivity index (χ4n) is 2.77. The lowest BCUT2D eigenvalue weighted by Crippen LogP contribution is -2.50. The van der Waals surface area contributed by atoms with Crippen molar-refractivity contribution in [2.24, 2.45) is 0 Å². The lowest BCUT2D eigenvalue weighted by molar-refractivity contribution is -0.138. The molecule has 5 nitrogen and oxygen atoms in total. The molecule has 2 aromatic carbocycles. The van der Waals surface area contributed by atoms with E-state index in [2.05, 4.69) is 5.32 Å². The number of nitrogens with one attached hydrogen (secondary N) is 1. The van der Waals surface area contributed by atoms with Gasteiger partial charge in [0.2, 0.25) is 11.8 Å². The molecule has 0 aliphatic rings. The van der Waals surface area contributed by atoms with Crippen LogP contribution >= 0.6 is 23.4 Å². The molecule has 162 valence electrons. The van der Waals surface area contributed by atoms with E-state index < -0.39 is 6.04 Å². The zero-order valence-corrected chi connectivity index (χ0v) is 19.4. The van der Waals surface area contributed by atoms with E-state index in [0.717, 1.165) is 16.9 Å². The average Bonchev–Trinajstić information content (AvgIpc) is 2.76. The number of hydrogen-bond acceptors (Lipinski definition) is 4. The van der Waals surface area contributed by atoms with E-state index in [1.807, 2.05) is 50.2 Å². The van der Waals surface area contributed by atoms with Crippen molar-refractivity contribution in [3.8, 4) is 5.75 Å². The highest BCUT2D eigenvalue weighted by atomic mass is 35.5. The molecule has 2 atom stereocenters. The van der Waals surface area contributed by atoms with E-state index in [-0.39, 0.29) is 23.6 Å². The van der Waals surface area contributed by atoms with Crippen LogP contribution in [0.15, 0.2) is 53.4 Å². The Labute approximate surface area is 188 Å². The molecular weight excluding hydrogens is 420 g/mol. The van der Waals surface area contributed by atoms with Gasteiger partial charge in [0.25, 0.3) is 0 Å². The Kier molecular flexibility index (Phi) is 9.53. The van der Waals surface area contributed by atoms with Crippen LogP contribution in [0, 0.1) is 0 Å². The Hall–Kier alpha value is -2.18. The smallest absolute Gasteiger partial charge is 0.242 e. The maximum atomic E-state index is 13.1. The van der Waals surface area contributed by atoms with Gasteiger partial charge in [-0.25, -0.2) is 0 Å². The molecule has 7 heteroatoms. The Balaban J connectivity index is 2.16. The number of methoxy groups -OCH3 is 1. The van der Waals surface area contributed by atoms with Crippen molar-refractivity contribution < 1.29 is 14.3 Å². The van der Waals surface area contributed by atoms with Gasteiger partial charge in [0.15, 0.2) is 0 Å². The summed E-state index contributed by atoms with van der Waals surface area (Å²) in [5.41, 5.74) is 0.905. The van der Waals surface area contributed by atoms with Crippen LogP contribution in [-0.4, -0.2) is 41.7 Å². The molecule has 2 aromatic rings. The van der Waals surface area contributed by atoms with Crippen LogP contribution in [0.25, 0.3) is 0 Å². The molecule has 1 N–H and O–H groups in total. The SMILES string of the molecule is CC[C@H](C)NC(=O)[C@@H](C)N(Cc1cccc(OC)c1)C(=O)CSc1ccc(Cl)cc1. The number of carbonyl (C=O) groups excluding carboxylic acids is 2. The second kappa shape index (κ2) is 11.9. The summed E-state index contributed by atoms with van der Waals surface area (Å²) in [5.74, 6) is 0.681. The summed E-state index contributed by atoms with van der Waals surface area (Å²) in [6.07, 6.45) is 0.828. The Morgan fingerprint density at radius 3 is 2.50 bits per heavy atom. The maximum absolute atomic E-state index is 13.1. The van der Waals surface area contributed by atoms with Gasteiger partial charge < -0.3 is 15.0 Å². The number of ether oxygens (including phenoxy) is 1. The molecule has 0 aliphatic carbocycles. The minimum Gasteiger partial charge on any atom is -0.497 e. The van der Waals surface area contributed by atoms with Crippen LogP contribution in [0.2, 0.25) is 5.02 Å². The number of nitrogens with zero attached hydrogens (tertiary/aromatic N) is 1. The van der Waals surface area contributed by atoms with Gasteiger partial charge in [-0.15, -0.1) is 11.8 Å². The van der Waals surface area contributed by atoms with Gasteiger partial charge in [0.05, 0.1) is 12.9 Å². The van der Waals surface area contributed by atoms with E-state index in [9.17, 15) is 9.59 Å². The number of amides is 2. The number of halogens is 1. The Bertz CT molecular complexity index is 845. The normalized spacial score (nSPS) is 12.7. The van der Waals surface area contributed by atoms with Crippen molar-refractivity contribution in [2.75, 3.05) is 12.9 Å². The van der Waals surface area contributed by atoms with Gasteiger partial charge in [-0.05, 0) is 62.2 Å². The van der Waals surface area contributed by atoms with Crippen molar-refractivity contribution in [2.45, 2.75) is 50.7 Å². The van der Waals surface area contributed by atoms with Crippen molar-refractivity contribution in [1.82, 2.24) is 10.2 Å². The standard InChI is InChI=1S/C23H29ClN2O3S/c1-5-16(2)25-23(28)17(3)26(14-18-7-6-8-20(13-18)29-4)22(27)15-30-21-11-9-19(24)10-12-21/h6-13,16-17H,5,14-15H2,1-4H3,(H,25,28)/t16-,17+/m0/s1. The first-order valence-electron chi connectivity index (χ1n) is 9.95. The van der Waals surface area contributed by atoms with Gasteiger partial charge in [-0.3, -0.25) is 9.59 Å². The molecule has 0 aromatic heterocycles. The first kappa shape index (κ1) is 24.1. The average molecular weight is 449 g/mol. The molecule has 0 bridgehead atoms. The maximum Gasteiger partial charge on any atom is 0.242 e. The molecule has 2 rings (SSSR count). The van der Waals surface area contributed by atoms with Crippen molar-refractivity contribution in [3.05, 3.63) is 59.1 Å². The van der Waals surface area contributed by atoms with Crippen LogP contribution in [0.4, 0.5) is 0 Å². The van der Waals surface area contributed by atoms with E-state index in [0.29, 0.717) is 17.3 Å². The highest BCUT2D eigenvalue weighted by Gasteiger charge is 2.26. The topological polar surface area (TPSA) is 58.6 Å². The monoisotopic (exact) mass is 448 g/mol. The summed E-state index contributed by atoms with van der Waals surface area (Å²) in [4.78, 5) is 28.4. The highest BCUT2D eigenvalue weighted by molar-refractivity contribution is 8.00. The highest BCUT2D eigenvalue weighted by Crippen LogP contribution is 2.22. The van der Waals surface area contributed by atoms with E-state index in [1.54, 1.807) is 31.1 Å². The Morgan fingerprint density at radius 1 is 1.17 bits per heavy atom. The number of benzene rings is 2. The molecule has 2 amide bonds. The van der Waals surface area contributed by atoms with Crippen LogP contribution < -0.4 is 10.1 Å². The molecule has 0 radical (unpaired) electrons. The molecule has 0 heterocycles. The minimum atomic E-state index is -0.594. The first-order valence-corrected chi connectivity index (χ1v) is 11.3. The zero-order valence-electron chi connectivity index (χ0n) is 17.9. The van der Waals surface area contributed by atoms with Gasteiger partial charge >= 0.3 is 0 Å². The van der Waals surface area contributed by atoms with Gasteiger partial charge in [-0.1, -0.05) is 30.7 Å². The number of thioether (sulfide) groups is 1. The zero-order chi connectivity index (χ0) is 22.1. The second-order valence-electron chi connectivity index (χ2n) is 7.11. The predicted octanol–water partition coefficient (Wildman–Crippen LogP) is 4.77. The van der Waals surface area contributed by atoms with E-state index >= 15 is 0 Å². The minimum absolute atomic E-state index is 0.0529. The molecule has 0 aliphatic heterocycles. The predicted molar refractivity (Wildman–Crippen MR) is 123 cm³/mol. The van der Waals surface area contributed by atoms with E-state index in [4.69, 9.17) is 16.3 Å². The summed E-state index contributed by atoms with van der Waals surface area (Å²) in [5, 5.41) is 3.63. The first-order chi connectivity index (χ1) is 14.3. The van der Waals surface area contributed by atoms with Gasteiger partial charge in [0.1, 0.15) is 11.8 Å². The number of hydrogen-bond donors (Lipinski definition) is 1. The lowest BCUT2D eigenvalue weighted by atomic mass is 10.1. The Morgan fingerprint density at radius 2 is 1.87 bits per heavy atom. The molecule has 0 saturated heterocycles. The van der Waals surface area contributed by atoms with E-state index in [1.165, 1.54) is 11.8 Å². The third kappa shape index (κ3) is 7.26. The largest absolute Gasteiger partial charge is 0.497 e. The van der Waals surface area contributed by atoms with Crippen LogP contribution in [0.1, 0.15) is 32.8 Å². The second-order valence-corrected chi connectivity index (χ2v) is 8.59. The summed E-state index contributed by atoms with van der Waals surface area (Å²) in [6.45, 7) is 6.06. The third-order valence-electron chi connectivity index (χ3n) is 4.83. The molecule has 0 saturated carbocycles. The van der Waals surface area contributed by atoms with Crippen LogP contribution in [-0.2, 0) is 16.1 Å². The van der Waals surface area contributed by atoms with Gasteiger partial charge in [0, 0.05) is 22.5 Å². The molecular formula is C23H29ClN2O3S. The number of rotatable bonds is 10. The summed E-state index contributed by atoms with van der Waals surface area (Å²) in [6, 6.07) is 14.3. The fourth-order valence-corrected chi connectivity index (χ4v) is 3.68.